The molecule has 3 amide bonds. The van der Waals surface area contributed by atoms with Crippen LogP contribution in [0.4, 0.5) is 10.5 Å². The van der Waals surface area contributed by atoms with E-state index in [9.17, 15) is 9.59 Å². The van der Waals surface area contributed by atoms with E-state index in [1.54, 1.807) is 18.2 Å². The number of hydrogen-bond donors (Lipinski definition) is 1. The van der Waals surface area contributed by atoms with Gasteiger partial charge in [-0.1, -0.05) is 11.6 Å². The summed E-state index contributed by atoms with van der Waals surface area (Å²) in [4.78, 5) is 23.9. The van der Waals surface area contributed by atoms with E-state index in [4.69, 9.17) is 16.3 Å². The summed E-state index contributed by atoms with van der Waals surface area (Å²) in [5.41, 5.74) is 0.446. The molecule has 1 heterocycles. The number of carbonyl (C=O) groups excluding carboxylic acids is 2. The lowest BCUT2D eigenvalue weighted by atomic mass is 10.2. The number of rotatable bonds is 2. The van der Waals surface area contributed by atoms with Crippen LogP contribution in [0.2, 0.25) is 5.02 Å². The Morgan fingerprint density at radius 1 is 1.44 bits per heavy atom. The number of benzene rings is 1. The molecule has 1 saturated heterocycles. The van der Waals surface area contributed by atoms with E-state index in [0.29, 0.717) is 16.5 Å². The second kappa shape index (κ2) is 4.02. The number of nitrogens with zero attached hydrogens (tertiary/aromatic N) is 1. The number of carbonyl (C=O) groups is 2. The zero-order chi connectivity index (χ0) is 11.7. The molecule has 5 nitrogen and oxygen atoms in total. The number of halogens is 1. The molecule has 0 aliphatic carbocycles. The third kappa shape index (κ3) is 1.69. The van der Waals surface area contributed by atoms with Crippen LogP contribution in [0.25, 0.3) is 0 Å². The Bertz CT molecular complexity index is 445. The average Bonchev–Trinajstić information content (AvgIpc) is 2.60. The van der Waals surface area contributed by atoms with Crippen molar-refractivity contribution < 1.29 is 14.3 Å². The summed E-state index contributed by atoms with van der Waals surface area (Å²) in [7, 11) is 1.47. The highest BCUT2D eigenvalue weighted by Crippen LogP contribution is 2.30. The van der Waals surface area contributed by atoms with Crippen molar-refractivity contribution in [2.45, 2.75) is 0 Å². The lowest BCUT2D eigenvalue weighted by Gasteiger charge is -2.13. The van der Waals surface area contributed by atoms with Crippen LogP contribution in [-0.2, 0) is 4.79 Å². The zero-order valence-corrected chi connectivity index (χ0v) is 9.25. The first-order chi connectivity index (χ1) is 7.63. The molecule has 1 aliphatic rings. The number of methoxy groups -OCH3 is 1. The molecule has 1 fully saturated rings. The van der Waals surface area contributed by atoms with Crippen LogP contribution < -0.4 is 15.0 Å². The number of urea groups is 1. The number of hydrogen-bond acceptors (Lipinski definition) is 3. The molecule has 16 heavy (non-hydrogen) atoms. The first kappa shape index (κ1) is 10.8. The molecule has 2 rings (SSSR count). The van der Waals surface area contributed by atoms with E-state index in [2.05, 4.69) is 5.32 Å². The molecule has 0 saturated carbocycles. The third-order valence-corrected chi connectivity index (χ3v) is 2.55. The molecule has 0 spiro atoms. The van der Waals surface area contributed by atoms with Gasteiger partial charge in [0.05, 0.1) is 24.4 Å². The van der Waals surface area contributed by atoms with Crippen LogP contribution in [0.15, 0.2) is 18.2 Å². The lowest BCUT2D eigenvalue weighted by Crippen LogP contribution is -2.30. The van der Waals surface area contributed by atoms with Crippen molar-refractivity contribution in [1.29, 1.82) is 0 Å². The highest BCUT2D eigenvalue weighted by molar-refractivity contribution is 6.32. The molecule has 1 N–H and O–H groups in total. The van der Waals surface area contributed by atoms with Gasteiger partial charge < -0.3 is 10.1 Å². The van der Waals surface area contributed by atoms with Gasteiger partial charge in [0.25, 0.3) is 5.91 Å². The zero-order valence-electron chi connectivity index (χ0n) is 8.49. The van der Waals surface area contributed by atoms with Gasteiger partial charge in [-0.25, -0.2) is 9.69 Å². The monoisotopic (exact) mass is 240 g/mol. The maximum atomic E-state index is 11.4. The number of amides is 3. The van der Waals surface area contributed by atoms with Gasteiger partial charge in [0, 0.05) is 6.07 Å². The number of nitrogens with one attached hydrogen (secondary N) is 1. The molecule has 1 aromatic rings. The molecule has 1 aromatic carbocycles. The molecule has 0 aromatic heterocycles. The summed E-state index contributed by atoms with van der Waals surface area (Å²) in [5.74, 6) is 0.126. The van der Waals surface area contributed by atoms with Gasteiger partial charge in [0.2, 0.25) is 0 Å². The maximum absolute atomic E-state index is 11.4. The van der Waals surface area contributed by atoms with Crippen molar-refractivity contribution in [3.05, 3.63) is 23.2 Å². The summed E-state index contributed by atoms with van der Waals surface area (Å²) in [5, 5.41) is 2.86. The smallest absolute Gasteiger partial charge is 0.329 e. The highest BCUT2D eigenvalue weighted by Gasteiger charge is 2.30. The van der Waals surface area contributed by atoms with Gasteiger partial charge in [0.15, 0.2) is 0 Å². The molecular formula is C10H9ClN2O3. The van der Waals surface area contributed by atoms with E-state index >= 15 is 0 Å². The topological polar surface area (TPSA) is 58.6 Å². The predicted molar refractivity (Wildman–Crippen MR) is 58.9 cm³/mol. The number of ether oxygens (including phenoxy) is 1. The quantitative estimate of drug-likeness (QED) is 0.795. The first-order valence-corrected chi connectivity index (χ1v) is 4.95. The Hall–Kier alpha value is -1.75. The fourth-order valence-corrected chi connectivity index (χ4v) is 1.67. The molecule has 6 heteroatoms. The Morgan fingerprint density at radius 3 is 2.75 bits per heavy atom. The van der Waals surface area contributed by atoms with Crippen LogP contribution >= 0.6 is 11.6 Å². The molecule has 0 atom stereocenters. The molecule has 0 radical (unpaired) electrons. The van der Waals surface area contributed by atoms with E-state index in [-0.39, 0.29) is 12.5 Å². The summed E-state index contributed by atoms with van der Waals surface area (Å²) in [6.07, 6.45) is 0. The molecular weight excluding hydrogens is 232 g/mol. The van der Waals surface area contributed by atoms with Crippen LogP contribution in [0.1, 0.15) is 0 Å². The van der Waals surface area contributed by atoms with Crippen molar-refractivity contribution >= 4 is 29.2 Å². The van der Waals surface area contributed by atoms with E-state index in [1.165, 1.54) is 7.11 Å². The Kier molecular flexibility index (Phi) is 2.70. The van der Waals surface area contributed by atoms with Crippen LogP contribution in [-0.4, -0.2) is 25.6 Å². The van der Waals surface area contributed by atoms with Crippen molar-refractivity contribution in [3.8, 4) is 5.75 Å². The first-order valence-electron chi connectivity index (χ1n) is 4.58. The fraction of sp³-hybridized carbons (Fsp3) is 0.200. The Morgan fingerprint density at radius 2 is 2.19 bits per heavy atom. The predicted octanol–water partition coefficient (Wildman–Crippen LogP) is 1.40. The summed E-state index contributed by atoms with van der Waals surface area (Å²) in [6, 6.07) is 4.28. The van der Waals surface area contributed by atoms with Crippen LogP contribution in [0.3, 0.4) is 0 Å². The van der Waals surface area contributed by atoms with Crippen LogP contribution in [0, 0.1) is 0 Å². The van der Waals surface area contributed by atoms with E-state index in [0.717, 1.165) is 4.90 Å². The van der Waals surface area contributed by atoms with Crippen molar-refractivity contribution in [2.24, 2.45) is 0 Å². The normalized spacial score (nSPS) is 15.2. The standard InChI is InChI=1S/C10H9ClN2O3/c1-16-8-4-6(2-3-7(8)11)13-9(14)5-12-10(13)15/h2-4H,5H2,1H3,(H,12,15). The van der Waals surface area contributed by atoms with Gasteiger partial charge in [-0.2, -0.15) is 0 Å². The largest absolute Gasteiger partial charge is 0.495 e. The van der Waals surface area contributed by atoms with E-state index in [1.807, 2.05) is 0 Å². The molecule has 0 bridgehead atoms. The van der Waals surface area contributed by atoms with Crippen molar-refractivity contribution in [1.82, 2.24) is 5.32 Å². The van der Waals surface area contributed by atoms with Crippen molar-refractivity contribution in [3.63, 3.8) is 0 Å². The fourth-order valence-electron chi connectivity index (χ4n) is 1.47. The SMILES string of the molecule is COc1cc(N2C(=O)CNC2=O)ccc1Cl. The Labute approximate surface area is 96.9 Å². The summed E-state index contributed by atoms with van der Waals surface area (Å²) >= 11 is 5.85. The number of anilines is 1. The van der Waals surface area contributed by atoms with Gasteiger partial charge in [-0.05, 0) is 12.1 Å². The van der Waals surface area contributed by atoms with Gasteiger partial charge in [-0.3, -0.25) is 4.79 Å². The lowest BCUT2D eigenvalue weighted by molar-refractivity contribution is -0.115. The summed E-state index contributed by atoms with van der Waals surface area (Å²) in [6.45, 7) is 0.0176. The minimum absolute atomic E-state index is 0.0176. The summed E-state index contributed by atoms with van der Waals surface area (Å²) < 4.78 is 5.01. The second-order valence-electron chi connectivity index (χ2n) is 3.21. The van der Waals surface area contributed by atoms with Crippen molar-refractivity contribution in [2.75, 3.05) is 18.6 Å². The van der Waals surface area contributed by atoms with Crippen LogP contribution in [0.5, 0.6) is 5.75 Å². The molecule has 0 unspecified atom stereocenters. The van der Waals surface area contributed by atoms with E-state index < -0.39 is 6.03 Å². The number of imide groups is 1. The Balaban J connectivity index is 2.40. The van der Waals surface area contributed by atoms with Gasteiger partial charge >= 0.3 is 6.03 Å². The average molecular weight is 241 g/mol. The van der Waals surface area contributed by atoms with Gasteiger partial charge in [-0.15, -0.1) is 0 Å². The highest BCUT2D eigenvalue weighted by atomic mass is 35.5. The molecule has 84 valence electrons. The maximum Gasteiger partial charge on any atom is 0.329 e. The molecule has 1 aliphatic heterocycles. The minimum Gasteiger partial charge on any atom is -0.495 e. The third-order valence-electron chi connectivity index (χ3n) is 2.24. The minimum atomic E-state index is -0.436. The van der Waals surface area contributed by atoms with Gasteiger partial charge in [0.1, 0.15) is 5.75 Å². The second-order valence-corrected chi connectivity index (χ2v) is 3.61.